The average Bonchev–Trinajstić information content (AvgIpc) is 2.12. The van der Waals surface area contributed by atoms with Crippen molar-refractivity contribution in [2.75, 3.05) is 18.6 Å². The van der Waals surface area contributed by atoms with Crippen molar-refractivity contribution in [2.45, 2.75) is 45.1 Å². The fraction of sp³-hybridized carbons (Fsp3) is 0.917. The number of sulfone groups is 1. The molecule has 1 aliphatic rings. The lowest BCUT2D eigenvalue weighted by molar-refractivity contribution is -0.122. The van der Waals surface area contributed by atoms with Gasteiger partial charge in [0.15, 0.2) is 0 Å². The Labute approximate surface area is 104 Å². The quantitative estimate of drug-likeness (QED) is 0.666. The summed E-state index contributed by atoms with van der Waals surface area (Å²) >= 11 is 0. The Hall–Kier alpha value is -0.420. The van der Waals surface area contributed by atoms with Gasteiger partial charge < -0.3 is 4.74 Å². The van der Waals surface area contributed by atoms with Crippen LogP contribution in [-0.2, 0) is 19.4 Å². The number of ketones is 1. The van der Waals surface area contributed by atoms with Crippen LogP contribution in [0.2, 0.25) is 0 Å². The molecule has 0 aromatic heterocycles. The summed E-state index contributed by atoms with van der Waals surface area (Å²) in [5.41, 5.74) is 0. The molecule has 1 saturated carbocycles. The monoisotopic (exact) mass is 262 g/mol. The van der Waals surface area contributed by atoms with Crippen LogP contribution in [0.5, 0.6) is 0 Å². The predicted octanol–water partition coefficient (Wildman–Crippen LogP) is 1.59. The van der Waals surface area contributed by atoms with Crippen LogP contribution in [0.1, 0.15) is 39.0 Å². The van der Waals surface area contributed by atoms with Gasteiger partial charge in [-0.25, -0.2) is 8.42 Å². The smallest absolute Gasteiger partial charge is 0.147 e. The van der Waals surface area contributed by atoms with Crippen LogP contribution in [-0.4, -0.2) is 38.9 Å². The number of hydrogen-bond acceptors (Lipinski definition) is 4. The van der Waals surface area contributed by atoms with Crippen molar-refractivity contribution in [1.82, 2.24) is 0 Å². The predicted molar refractivity (Wildman–Crippen MR) is 66.7 cm³/mol. The van der Waals surface area contributed by atoms with E-state index in [1.54, 1.807) is 0 Å². The van der Waals surface area contributed by atoms with E-state index in [0.717, 1.165) is 19.4 Å². The Bertz CT molecular complexity index is 342. The first kappa shape index (κ1) is 14.6. The third kappa shape index (κ3) is 6.17. The molecule has 0 amide bonds. The van der Waals surface area contributed by atoms with Gasteiger partial charge in [0.05, 0.1) is 11.9 Å². The standard InChI is InChI=1S/C12H22O4S/c1-3-16-12-8-10(9-12)7-11(13)5-4-6-17(2,14)15/h10,12H,3-9H2,1-2H3. The molecule has 0 atom stereocenters. The first-order valence-corrected chi connectivity index (χ1v) is 8.27. The zero-order valence-corrected chi connectivity index (χ0v) is 11.5. The number of Topliss-reactive ketones (excluding diaryl/α,β-unsaturated/α-hetero) is 1. The van der Waals surface area contributed by atoms with Gasteiger partial charge in [0, 0.05) is 25.7 Å². The molecule has 4 nitrogen and oxygen atoms in total. The maximum Gasteiger partial charge on any atom is 0.147 e. The van der Waals surface area contributed by atoms with Crippen LogP contribution in [0.15, 0.2) is 0 Å². The van der Waals surface area contributed by atoms with E-state index in [4.69, 9.17) is 4.74 Å². The molecule has 0 saturated heterocycles. The van der Waals surface area contributed by atoms with E-state index >= 15 is 0 Å². The highest BCUT2D eigenvalue weighted by Gasteiger charge is 2.30. The molecule has 0 aromatic carbocycles. The molecular weight excluding hydrogens is 240 g/mol. The summed E-state index contributed by atoms with van der Waals surface area (Å²) in [5.74, 6) is 0.760. The van der Waals surface area contributed by atoms with Crippen molar-refractivity contribution in [2.24, 2.45) is 5.92 Å². The van der Waals surface area contributed by atoms with Crippen molar-refractivity contribution in [3.63, 3.8) is 0 Å². The Morgan fingerprint density at radius 2 is 2.00 bits per heavy atom. The number of carbonyl (C=O) groups excluding carboxylic acids is 1. The van der Waals surface area contributed by atoms with Gasteiger partial charge in [-0.15, -0.1) is 0 Å². The Balaban J connectivity index is 2.07. The largest absolute Gasteiger partial charge is 0.378 e. The minimum absolute atomic E-state index is 0.116. The minimum Gasteiger partial charge on any atom is -0.378 e. The number of ether oxygens (including phenoxy) is 1. The number of rotatable bonds is 8. The Kier molecular flexibility index (Phi) is 5.59. The molecule has 1 rings (SSSR count). The fourth-order valence-electron chi connectivity index (χ4n) is 2.17. The highest BCUT2D eigenvalue weighted by Crippen LogP contribution is 2.33. The van der Waals surface area contributed by atoms with Crippen LogP contribution in [0.3, 0.4) is 0 Å². The molecule has 0 N–H and O–H groups in total. The van der Waals surface area contributed by atoms with E-state index in [1.807, 2.05) is 6.92 Å². The van der Waals surface area contributed by atoms with Gasteiger partial charge in [0.2, 0.25) is 0 Å². The molecule has 0 spiro atoms. The zero-order valence-electron chi connectivity index (χ0n) is 10.6. The summed E-state index contributed by atoms with van der Waals surface area (Å²) in [6, 6.07) is 0. The Morgan fingerprint density at radius 3 is 2.53 bits per heavy atom. The minimum atomic E-state index is -2.93. The maximum atomic E-state index is 11.6. The topological polar surface area (TPSA) is 60.4 Å². The second-order valence-corrected chi connectivity index (χ2v) is 7.15. The second kappa shape index (κ2) is 6.50. The third-order valence-electron chi connectivity index (χ3n) is 3.08. The first-order valence-electron chi connectivity index (χ1n) is 6.21. The lowest BCUT2D eigenvalue weighted by Gasteiger charge is -2.34. The molecule has 100 valence electrons. The lowest BCUT2D eigenvalue weighted by Crippen LogP contribution is -2.32. The molecule has 0 heterocycles. The molecule has 0 unspecified atom stereocenters. The zero-order chi connectivity index (χ0) is 12.9. The molecule has 1 aliphatic carbocycles. The van der Waals surface area contributed by atoms with E-state index < -0.39 is 9.84 Å². The normalized spacial score (nSPS) is 24.4. The highest BCUT2D eigenvalue weighted by atomic mass is 32.2. The summed E-state index contributed by atoms with van der Waals surface area (Å²) in [4.78, 5) is 11.6. The first-order chi connectivity index (χ1) is 7.90. The van der Waals surface area contributed by atoms with Crippen molar-refractivity contribution >= 4 is 15.6 Å². The summed E-state index contributed by atoms with van der Waals surface area (Å²) in [6.45, 7) is 2.71. The van der Waals surface area contributed by atoms with Crippen LogP contribution in [0, 0.1) is 5.92 Å². The molecule has 0 radical (unpaired) electrons. The lowest BCUT2D eigenvalue weighted by atomic mass is 9.78. The molecule has 0 bridgehead atoms. The van der Waals surface area contributed by atoms with Crippen LogP contribution >= 0.6 is 0 Å². The van der Waals surface area contributed by atoms with Gasteiger partial charge in [0.1, 0.15) is 15.6 Å². The van der Waals surface area contributed by atoms with E-state index in [1.165, 1.54) is 6.26 Å². The number of hydrogen-bond donors (Lipinski definition) is 0. The average molecular weight is 262 g/mol. The molecule has 0 aromatic rings. The molecule has 17 heavy (non-hydrogen) atoms. The number of carbonyl (C=O) groups is 1. The Morgan fingerprint density at radius 1 is 1.35 bits per heavy atom. The van der Waals surface area contributed by atoms with E-state index in [0.29, 0.717) is 31.3 Å². The van der Waals surface area contributed by atoms with Crippen LogP contribution < -0.4 is 0 Å². The van der Waals surface area contributed by atoms with Crippen molar-refractivity contribution in [1.29, 1.82) is 0 Å². The highest BCUT2D eigenvalue weighted by molar-refractivity contribution is 7.90. The molecule has 1 fully saturated rings. The summed E-state index contributed by atoms with van der Waals surface area (Å²) < 4.78 is 27.2. The molecule has 5 heteroatoms. The third-order valence-corrected chi connectivity index (χ3v) is 4.11. The second-order valence-electron chi connectivity index (χ2n) is 4.89. The van der Waals surface area contributed by atoms with Crippen molar-refractivity contribution < 1.29 is 17.9 Å². The fourth-order valence-corrected chi connectivity index (χ4v) is 2.84. The van der Waals surface area contributed by atoms with Gasteiger partial charge in [-0.2, -0.15) is 0 Å². The van der Waals surface area contributed by atoms with Crippen molar-refractivity contribution in [3.8, 4) is 0 Å². The molecule has 0 aliphatic heterocycles. The van der Waals surface area contributed by atoms with Crippen molar-refractivity contribution in [3.05, 3.63) is 0 Å². The summed E-state index contributed by atoms with van der Waals surface area (Å²) in [5, 5.41) is 0. The van der Waals surface area contributed by atoms with Gasteiger partial charge in [-0.1, -0.05) is 0 Å². The molecular formula is C12H22O4S. The van der Waals surface area contributed by atoms with E-state index in [-0.39, 0.29) is 11.5 Å². The SMILES string of the molecule is CCOC1CC(CC(=O)CCCS(C)(=O)=O)C1. The van der Waals surface area contributed by atoms with Gasteiger partial charge >= 0.3 is 0 Å². The summed E-state index contributed by atoms with van der Waals surface area (Å²) in [6.07, 6.45) is 4.94. The van der Waals surface area contributed by atoms with E-state index in [9.17, 15) is 13.2 Å². The summed E-state index contributed by atoms with van der Waals surface area (Å²) in [7, 11) is -2.93. The van der Waals surface area contributed by atoms with Gasteiger partial charge in [-0.05, 0) is 32.1 Å². The van der Waals surface area contributed by atoms with Gasteiger partial charge in [0.25, 0.3) is 0 Å². The van der Waals surface area contributed by atoms with E-state index in [2.05, 4.69) is 0 Å². The van der Waals surface area contributed by atoms with Gasteiger partial charge in [-0.3, -0.25) is 4.79 Å². The van der Waals surface area contributed by atoms with Crippen LogP contribution in [0.25, 0.3) is 0 Å². The maximum absolute atomic E-state index is 11.6. The van der Waals surface area contributed by atoms with Crippen LogP contribution in [0.4, 0.5) is 0 Å².